The van der Waals surface area contributed by atoms with Gasteiger partial charge in [-0.25, -0.2) is 0 Å². The zero-order valence-electron chi connectivity index (χ0n) is 10.7. The number of hydrogen-bond donors (Lipinski definition) is 2. The maximum Gasteiger partial charge on any atom is 0.239 e. The molecule has 4 heteroatoms. The molecule has 1 aromatic carbocycles. The van der Waals surface area contributed by atoms with Crippen LogP contribution in [0.1, 0.15) is 25.3 Å². The molecule has 1 rings (SSSR count). The molecule has 0 fully saturated rings. The first-order valence-electron chi connectivity index (χ1n) is 6.29. The van der Waals surface area contributed by atoms with Crippen molar-refractivity contribution in [3.05, 3.63) is 35.9 Å². The Kier molecular flexibility index (Phi) is 6.54. The van der Waals surface area contributed by atoms with Crippen molar-refractivity contribution >= 4 is 11.8 Å². The van der Waals surface area contributed by atoms with E-state index >= 15 is 0 Å². The summed E-state index contributed by atoms with van der Waals surface area (Å²) in [7, 11) is 0. The molecule has 0 saturated heterocycles. The second-order valence-corrected chi connectivity index (χ2v) is 4.14. The van der Waals surface area contributed by atoms with Gasteiger partial charge in [-0.15, -0.1) is 0 Å². The normalized spacial score (nSPS) is 9.83. The molecule has 4 nitrogen and oxygen atoms in total. The Labute approximate surface area is 108 Å². The molecular weight excluding hydrogens is 228 g/mol. The van der Waals surface area contributed by atoms with Gasteiger partial charge >= 0.3 is 0 Å². The maximum absolute atomic E-state index is 11.6. The van der Waals surface area contributed by atoms with Crippen LogP contribution in [0.3, 0.4) is 0 Å². The van der Waals surface area contributed by atoms with Crippen molar-refractivity contribution in [3.8, 4) is 0 Å². The molecule has 0 bridgehead atoms. The topological polar surface area (TPSA) is 58.2 Å². The smallest absolute Gasteiger partial charge is 0.239 e. The van der Waals surface area contributed by atoms with E-state index in [0.717, 1.165) is 18.4 Å². The van der Waals surface area contributed by atoms with Crippen LogP contribution in [0.5, 0.6) is 0 Å². The zero-order chi connectivity index (χ0) is 13.2. The summed E-state index contributed by atoms with van der Waals surface area (Å²) in [5.41, 5.74) is 0.946. The third kappa shape index (κ3) is 6.03. The van der Waals surface area contributed by atoms with Crippen molar-refractivity contribution in [2.75, 3.05) is 13.1 Å². The third-order valence-electron chi connectivity index (χ3n) is 2.51. The molecule has 0 unspecified atom stereocenters. The van der Waals surface area contributed by atoms with Crippen LogP contribution in [0.4, 0.5) is 0 Å². The van der Waals surface area contributed by atoms with E-state index in [1.165, 1.54) is 0 Å². The first kappa shape index (κ1) is 14.2. The van der Waals surface area contributed by atoms with Gasteiger partial charge in [0.2, 0.25) is 11.8 Å². The largest absolute Gasteiger partial charge is 0.355 e. The van der Waals surface area contributed by atoms with Gasteiger partial charge in [0.1, 0.15) is 0 Å². The van der Waals surface area contributed by atoms with Crippen molar-refractivity contribution in [2.45, 2.75) is 26.2 Å². The summed E-state index contributed by atoms with van der Waals surface area (Å²) in [6.07, 6.45) is 2.31. The molecule has 0 heterocycles. The summed E-state index contributed by atoms with van der Waals surface area (Å²) >= 11 is 0. The minimum Gasteiger partial charge on any atom is -0.355 e. The van der Waals surface area contributed by atoms with Gasteiger partial charge in [-0.1, -0.05) is 43.7 Å². The molecule has 2 N–H and O–H groups in total. The fourth-order valence-corrected chi connectivity index (χ4v) is 1.49. The Morgan fingerprint density at radius 1 is 1.06 bits per heavy atom. The number of carbonyl (C=O) groups is 2. The van der Waals surface area contributed by atoms with Crippen LogP contribution >= 0.6 is 0 Å². The fraction of sp³-hybridized carbons (Fsp3) is 0.429. The maximum atomic E-state index is 11.6. The van der Waals surface area contributed by atoms with Crippen LogP contribution in [-0.2, 0) is 16.0 Å². The number of unbranched alkanes of at least 4 members (excludes halogenated alkanes) is 1. The van der Waals surface area contributed by atoms with Gasteiger partial charge in [0.05, 0.1) is 13.0 Å². The molecule has 0 aromatic heterocycles. The highest BCUT2D eigenvalue weighted by Crippen LogP contribution is 1.98. The van der Waals surface area contributed by atoms with E-state index in [2.05, 4.69) is 17.6 Å². The van der Waals surface area contributed by atoms with Crippen molar-refractivity contribution in [1.29, 1.82) is 0 Å². The van der Waals surface area contributed by atoms with Gasteiger partial charge in [0, 0.05) is 6.54 Å². The second kappa shape index (κ2) is 8.28. The highest BCUT2D eigenvalue weighted by molar-refractivity contribution is 5.85. The minimum absolute atomic E-state index is 0.0510. The lowest BCUT2D eigenvalue weighted by atomic mass is 10.1. The van der Waals surface area contributed by atoms with Gasteiger partial charge in [-0.2, -0.15) is 0 Å². The van der Waals surface area contributed by atoms with Crippen LogP contribution in [0.25, 0.3) is 0 Å². The van der Waals surface area contributed by atoms with E-state index in [-0.39, 0.29) is 18.4 Å². The molecule has 0 aliphatic heterocycles. The van der Waals surface area contributed by atoms with Gasteiger partial charge < -0.3 is 10.6 Å². The summed E-state index contributed by atoms with van der Waals surface area (Å²) in [4.78, 5) is 22.9. The van der Waals surface area contributed by atoms with Gasteiger partial charge in [-0.05, 0) is 12.0 Å². The van der Waals surface area contributed by atoms with Crippen LogP contribution < -0.4 is 10.6 Å². The molecule has 0 aliphatic rings. The van der Waals surface area contributed by atoms with Crippen LogP contribution in [-0.4, -0.2) is 24.9 Å². The van der Waals surface area contributed by atoms with E-state index in [4.69, 9.17) is 0 Å². The summed E-state index contributed by atoms with van der Waals surface area (Å²) in [6, 6.07) is 9.46. The number of rotatable bonds is 7. The number of nitrogens with one attached hydrogen (secondary N) is 2. The molecule has 0 saturated carbocycles. The Bertz CT molecular complexity index is 377. The summed E-state index contributed by atoms with van der Waals surface area (Å²) < 4.78 is 0. The number of amides is 2. The molecule has 0 atom stereocenters. The molecule has 0 radical (unpaired) electrons. The van der Waals surface area contributed by atoms with Gasteiger partial charge in [0.15, 0.2) is 0 Å². The molecule has 1 aromatic rings. The molecule has 0 spiro atoms. The van der Waals surface area contributed by atoms with Crippen molar-refractivity contribution in [1.82, 2.24) is 10.6 Å². The Hall–Kier alpha value is -1.84. The van der Waals surface area contributed by atoms with Crippen LogP contribution in [0.15, 0.2) is 30.3 Å². The molecule has 18 heavy (non-hydrogen) atoms. The summed E-state index contributed by atoms with van der Waals surface area (Å²) in [5, 5.41) is 5.36. The lowest BCUT2D eigenvalue weighted by Crippen LogP contribution is -2.37. The van der Waals surface area contributed by atoms with E-state index in [1.807, 2.05) is 30.3 Å². The molecule has 98 valence electrons. The Balaban J connectivity index is 2.19. The zero-order valence-corrected chi connectivity index (χ0v) is 10.7. The molecular formula is C14H20N2O2. The first-order chi connectivity index (χ1) is 8.72. The summed E-state index contributed by atoms with van der Waals surface area (Å²) in [6.45, 7) is 2.78. The summed E-state index contributed by atoms with van der Waals surface area (Å²) in [5.74, 6) is -0.267. The van der Waals surface area contributed by atoms with Crippen LogP contribution in [0.2, 0.25) is 0 Å². The third-order valence-corrected chi connectivity index (χ3v) is 2.51. The first-order valence-corrected chi connectivity index (χ1v) is 6.29. The SMILES string of the molecule is CCCCNC(=O)CNC(=O)Cc1ccccc1. The predicted molar refractivity (Wildman–Crippen MR) is 71.1 cm³/mol. The number of benzene rings is 1. The van der Waals surface area contributed by atoms with Gasteiger partial charge in [-0.3, -0.25) is 9.59 Å². The molecule has 0 aliphatic carbocycles. The van der Waals surface area contributed by atoms with E-state index in [9.17, 15) is 9.59 Å². The highest BCUT2D eigenvalue weighted by atomic mass is 16.2. The quantitative estimate of drug-likeness (QED) is 0.714. The number of carbonyl (C=O) groups excluding carboxylic acids is 2. The van der Waals surface area contributed by atoms with Crippen molar-refractivity contribution in [3.63, 3.8) is 0 Å². The van der Waals surface area contributed by atoms with Crippen molar-refractivity contribution < 1.29 is 9.59 Å². The highest BCUT2D eigenvalue weighted by Gasteiger charge is 2.05. The number of hydrogen-bond acceptors (Lipinski definition) is 2. The van der Waals surface area contributed by atoms with Crippen LogP contribution in [0, 0.1) is 0 Å². The van der Waals surface area contributed by atoms with E-state index in [1.54, 1.807) is 0 Å². The second-order valence-electron chi connectivity index (χ2n) is 4.14. The average molecular weight is 248 g/mol. The fourth-order valence-electron chi connectivity index (χ4n) is 1.49. The monoisotopic (exact) mass is 248 g/mol. The minimum atomic E-state index is -0.134. The predicted octanol–water partition coefficient (Wildman–Crippen LogP) is 1.26. The lowest BCUT2D eigenvalue weighted by molar-refractivity contribution is -0.125. The van der Waals surface area contributed by atoms with Crippen molar-refractivity contribution in [2.24, 2.45) is 0 Å². The van der Waals surface area contributed by atoms with E-state index < -0.39 is 0 Å². The van der Waals surface area contributed by atoms with Gasteiger partial charge in [0.25, 0.3) is 0 Å². The average Bonchev–Trinajstić information content (AvgIpc) is 2.38. The van der Waals surface area contributed by atoms with E-state index in [0.29, 0.717) is 13.0 Å². The standard InChI is InChI=1S/C14H20N2O2/c1-2-3-9-15-14(18)11-16-13(17)10-12-7-5-4-6-8-12/h4-8H,2-3,9-11H2,1H3,(H,15,18)(H,16,17). The Morgan fingerprint density at radius 3 is 2.44 bits per heavy atom. The Morgan fingerprint density at radius 2 is 1.78 bits per heavy atom. The lowest BCUT2D eigenvalue weighted by Gasteiger charge is -2.06. The molecule has 2 amide bonds.